The highest BCUT2D eigenvalue weighted by Crippen LogP contribution is 2.28. The third-order valence-corrected chi connectivity index (χ3v) is 6.92. The molecule has 9 nitrogen and oxygen atoms in total. The van der Waals surface area contributed by atoms with Crippen molar-refractivity contribution in [2.45, 2.75) is 97.7 Å². The number of amides is 1. The monoisotopic (exact) mass is 617 g/mol. The zero-order valence-electron chi connectivity index (χ0n) is 27.6. The topological polar surface area (TPSA) is 108 Å². The van der Waals surface area contributed by atoms with Gasteiger partial charge in [0.25, 0.3) is 0 Å². The molecule has 0 spiro atoms. The fourth-order valence-corrected chi connectivity index (χ4v) is 4.96. The second-order valence-electron chi connectivity index (χ2n) is 13.4. The van der Waals surface area contributed by atoms with Crippen molar-refractivity contribution >= 4 is 17.7 Å². The molecular weight excluding hydrogens is 570 g/mol. The molecule has 2 N–H and O–H groups in total. The number of carbonyl (C=O) groups excluding carboxylic acids is 2. The van der Waals surface area contributed by atoms with Gasteiger partial charge in [-0.25, -0.2) is 4.79 Å². The van der Waals surface area contributed by atoms with Crippen molar-refractivity contribution in [1.82, 2.24) is 10.3 Å². The minimum absolute atomic E-state index is 0.119. The SMILES string of the molecule is C[C@@H](NC(=O)OC(C)(C)C)c1cccc(-c2cc(COc3ccccc3CC(=O)OC(C)(C)C)cc(NC[C@H]3CCCO3)c2)n1. The van der Waals surface area contributed by atoms with Gasteiger partial charge < -0.3 is 29.6 Å². The summed E-state index contributed by atoms with van der Waals surface area (Å²) < 4.78 is 23.1. The molecular formula is C36H47N3O6. The van der Waals surface area contributed by atoms with Crippen LogP contribution in [0.25, 0.3) is 11.3 Å². The van der Waals surface area contributed by atoms with Gasteiger partial charge in [-0.1, -0.05) is 24.3 Å². The van der Waals surface area contributed by atoms with E-state index in [1.807, 2.05) is 97.0 Å². The van der Waals surface area contributed by atoms with Gasteiger partial charge in [0.2, 0.25) is 0 Å². The van der Waals surface area contributed by atoms with E-state index >= 15 is 0 Å². The number of aromatic nitrogens is 1. The molecule has 1 aliphatic rings. The molecule has 0 unspecified atom stereocenters. The summed E-state index contributed by atoms with van der Waals surface area (Å²) in [5, 5.41) is 6.41. The van der Waals surface area contributed by atoms with E-state index in [1.54, 1.807) is 0 Å². The van der Waals surface area contributed by atoms with Gasteiger partial charge in [-0.2, -0.15) is 0 Å². The summed E-state index contributed by atoms with van der Waals surface area (Å²) in [5.74, 6) is 0.326. The van der Waals surface area contributed by atoms with Crippen LogP contribution in [0.3, 0.4) is 0 Å². The van der Waals surface area contributed by atoms with Crippen molar-refractivity contribution < 1.29 is 28.5 Å². The van der Waals surface area contributed by atoms with E-state index in [4.69, 9.17) is 23.9 Å². The lowest BCUT2D eigenvalue weighted by Crippen LogP contribution is -2.34. The summed E-state index contributed by atoms with van der Waals surface area (Å²) >= 11 is 0. The maximum Gasteiger partial charge on any atom is 0.408 e. The Morgan fingerprint density at radius 1 is 0.978 bits per heavy atom. The third kappa shape index (κ3) is 11.1. The van der Waals surface area contributed by atoms with E-state index in [0.29, 0.717) is 18.0 Å². The number of alkyl carbamates (subject to hydrolysis) is 1. The van der Waals surface area contributed by atoms with Crippen LogP contribution in [0.1, 0.15) is 84.2 Å². The van der Waals surface area contributed by atoms with E-state index in [-0.39, 0.29) is 31.1 Å². The molecule has 1 aliphatic heterocycles. The van der Waals surface area contributed by atoms with Gasteiger partial charge in [0.15, 0.2) is 0 Å². The van der Waals surface area contributed by atoms with E-state index in [2.05, 4.69) is 22.8 Å². The molecule has 9 heteroatoms. The molecule has 2 heterocycles. The number of para-hydroxylation sites is 1. The quantitative estimate of drug-likeness (QED) is 0.215. The summed E-state index contributed by atoms with van der Waals surface area (Å²) in [6, 6.07) is 19.1. The van der Waals surface area contributed by atoms with Gasteiger partial charge in [-0.05, 0) is 103 Å². The number of rotatable bonds is 11. The molecule has 0 saturated carbocycles. The molecule has 1 fully saturated rings. The van der Waals surface area contributed by atoms with Crippen LogP contribution in [0.2, 0.25) is 0 Å². The van der Waals surface area contributed by atoms with Gasteiger partial charge >= 0.3 is 12.1 Å². The normalized spacial score (nSPS) is 15.7. The number of hydrogen-bond donors (Lipinski definition) is 2. The third-order valence-electron chi connectivity index (χ3n) is 6.92. The lowest BCUT2D eigenvalue weighted by atomic mass is 10.0. The minimum Gasteiger partial charge on any atom is -0.489 e. The van der Waals surface area contributed by atoms with E-state index in [0.717, 1.165) is 47.5 Å². The first-order valence-electron chi connectivity index (χ1n) is 15.6. The Morgan fingerprint density at radius 3 is 2.44 bits per heavy atom. The molecule has 1 aromatic heterocycles. The highest BCUT2D eigenvalue weighted by atomic mass is 16.6. The summed E-state index contributed by atoms with van der Waals surface area (Å²) in [7, 11) is 0. The van der Waals surface area contributed by atoms with Crippen molar-refractivity contribution in [3.05, 3.63) is 77.5 Å². The average molecular weight is 618 g/mol. The number of anilines is 1. The fourth-order valence-electron chi connectivity index (χ4n) is 4.96. The Balaban J connectivity index is 1.55. The summed E-state index contributed by atoms with van der Waals surface area (Å²) in [6.45, 7) is 14.7. The number of nitrogens with zero attached hydrogens (tertiary/aromatic N) is 1. The maximum atomic E-state index is 12.5. The predicted molar refractivity (Wildman–Crippen MR) is 175 cm³/mol. The Labute approximate surface area is 267 Å². The molecule has 1 saturated heterocycles. The van der Waals surface area contributed by atoms with Crippen molar-refractivity contribution in [3.63, 3.8) is 0 Å². The van der Waals surface area contributed by atoms with E-state index < -0.39 is 17.3 Å². The number of benzene rings is 2. The Kier molecular flexibility index (Phi) is 11.1. The summed E-state index contributed by atoms with van der Waals surface area (Å²) in [6.07, 6.45) is 1.90. The van der Waals surface area contributed by atoms with Crippen LogP contribution in [0.4, 0.5) is 10.5 Å². The number of carbonyl (C=O) groups is 2. The van der Waals surface area contributed by atoms with Crippen molar-refractivity contribution in [1.29, 1.82) is 0 Å². The molecule has 4 rings (SSSR count). The van der Waals surface area contributed by atoms with E-state index in [1.165, 1.54) is 0 Å². The molecule has 3 aromatic rings. The van der Waals surface area contributed by atoms with Crippen LogP contribution in [0, 0.1) is 0 Å². The van der Waals surface area contributed by atoms with Gasteiger partial charge in [0.1, 0.15) is 23.6 Å². The lowest BCUT2D eigenvalue weighted by Gasteiger charge is -2.22. The van der Waals surface area contributed by atoms with E-state index in [9.17, 15) is 9.59 Å². The smallest absolute Gasteiger partial charge is 0.408 e. The predicted octanol–water partition coefficient (Wildman–Crippen LogP) is 7.39. The number of pyridine rings is 1. The number of esters is 1. The van der Waals surface area contributed by atoms with Gasteiger partial charge in [-0.3, -0.25) is 9.78 Å². The number of ether oxygens (including phenoxy) is 4. The zero-order valence-corrected chi connectivity index (χ0v) is 27.6. The van der Waals surface area contributed by atoms with Crippen LogP contribution in [0.15, 0.2) is 60.7 Å². The van der Waals surface area contributed by atoms with Crippen molar-refractivity contribution in [3.8, 4) is 17.0 Å². The second-order valence-corrected chi connectivity index (χ2v) is 13.4. The van der Waals surface area contributed by atoms with Crippen molar-refractivity contribution in [2.75, 3.05) is 18.5 Å². The first-order valence-corrected chi connectivity index (χ1v) is 15.6. The van der Waals surface area contributed by atoms with Crippen LogP contribution < -0.4 is 15.4 Å². The fraction of sp³-hybridized carbons (Fsp3) is 0.472. The summed E-state index contributed by atoms with van der Waals surface area (Å²) in [5.41, 5.74) is 3.85. The molecule has 0 aliphatic carbocycles. The van der Waals surface area contributed by atoms with Crippen molar-refractivity contribution in [2.24, 2.45) is 0 Å². The molecule has 242 valence electrons. The van der Waals surface area contributed by atoms with Crippen LogP contribution >= 0.6 is 0 Å². The van der Waals surface area contributed by atoms with Gasteiger partial charge in [0, 0.05) is 30.0 Å². The highest BCUT2D eigenvalue weighted by Gasteiger charge is 2.21. The first-order chi connectivity index (χ1) is 21.2. The molecule has 0 radical (unpaired) electrons. The zero-order chi connectivity index (χ0) is 32.6. The Bertz CT molecular complexity index is 1450. The lowest BCUT2D eigenvalue weighted by molar-refractivity contribution is -0.153. The molecule has 0 bridgehead atoms. The van der Waals surface area contributed by atoms with Crippen LogP contribution in [-0.2, 0) is 32.0 Å². The highest BCUT2D eigenvalue weighted by molar-refractivity contribution is 5.74. The standard InChI is InChI=1S/C36H47N3O6/c1-24(38-34(41)45-36(5,6)7)30-14-10-15-31(39-30)27-18-25(19-28(20-27)37-22-29-13-11-17-42-29)23-43-32-16-9-8-12-26(32)21-33(40)44-35(2,3)4/h8-10,12,14-16,18-20,24,29,37H,11,13,17,21-23H2,1-7H3,(H,38,41)/t24-,29-/m1/s1. The van der Waals surface area contributed by atoms with Crippen LogP contribution in [-0.4, -0.2) is 47.5 Å². The molecule has 45 heavy (non-hydrogen) atoms. The number of hydrogen-bond acceptors (Lipinski definition) is 8. The maximum absolute atomic E-state index is 12.5. The van der Waals surface area contributed by atoms with Gasteiger partial charge in [-0.15, -0.1) is 0 Å². The van der Waals surface area contributed by atoms with Crippen LogP contribution in [0.5, 0.6) is 5.75 Å². The average Bonchev–Trinajstić information content (AvgIpc) is 3.47. The Hall–Kier alpha value is -4.11. The molecule has 2 aromatic carbocycles. The largest absolute Gasteiger partial charge is 0.489 e. The number of nitrogens with one attached hydrogen (secondary N) is 2. The Morgan fingerprint density at radius 2 is 1.73 bits per heavy atom. The first kappa shape index (κ1) is 33.8. The van der Waals surface area contributed by atoms with Gasteiger partial charge in [0.05, 0.1) is 30.0 Å². The molecule has 1 amide bonds. The second kappa shape index (κ2) is 14.8. The minimum atomic E-state index is -0.592. The summed E-state index contributed by atoms with van der Waals surface area (Å²) in [4.78, 5) is 29.8. The molecule has 2 atom stereocenters.